The average Bonchev–Trinajstić information content (AvgIpc) is 1.63. The van der Waals surface area contributed by atoms with Gasteiger partial charge < -0.3 is 14.3 Å². The smallest absolute Gasteiger partial charge is 0.485 e. The number of rotatable bonds is 3. The van der Waals surface area contributed by atoms with Gasteiger partial charge in [0.25, 0.3) is 5.97 Å². The van der Waals surface area contributed by atoms with Gasteiger partial charge in [0.15, 0.2) is 0 Å². The summed E-state index contributed by atoms with van der Waals surface area (Å²) in [6.45, 7) is 3.20. The largest absolute Gasteiger partial charge is 0.712 e. The second kappa shape index (κ2) is 4.35. The predicted octanol–water partition coefficient (Wildman–Crippen LogP) is -0.437. The quantitative estimate of drug-likeness (QED) is 0.529. The Labute approximate surface area is 53.9 Å². The Bertz CT molecular complexity index is 94.6. The monoisotopic (exact) mass is 132 g/mol. The van der Waals surface area contributed by atoms with Crippen LogP contribution >= 0.6 is 0 Å². The third-order valence-corrected chi connectivity index (χ3v) is 0.576. The summed E-state index contributed by atoms with van der Waals surface area (Å²) in [4.78, 5) is 10.1. The predicted molar refractivity (Wildman–Crippen MR) is 31.4 cm³/mol. The summed E-state index contributed by atoms with van der Waals surface area (Å²) in [5, 5.41) is 8.55. The van der Waals surface area contributed by atoms with Crippen molar-refractivity contribution in [3.05, 3.63) is 0 Å². The number of hydrogen-bond donors (Lipinski definition) is 1. The van der Waals surface area contributed by atoms with E-state index in [9.17, 15) is 4.79 Å². The first-order valence-electron chi connectivity index (χ1n) is 2.63. The van der Waals surface area contributed by atoms with Crippen LogP contribution in [-0.4, -0.2) is 24.9 Å². The van der Waals surface area contributed by atoms with E-state index in [-0.39, 0.29) is 0 Å². The van der Waals surface area contributed by atoms with Crippen LogP contribution in [0, 0.1) is 0 Å². The maximum atomic E-state index is 10.1. The van der Waals surface area contributed by atoms with Gasteiger partial charge in [0.2, 0.25) is 0 Å². The first-order valence-corrected chi connectivity index (χ1v) is 2.63. The van der Waals surface area contributed by atoms with Gasteiger partial charge in [-0.25, -0.2) is 0 Å². The van der Waals surface area contributed by atoms with Crippen molar-refractivity contribution >= 4 is 13.3 Å². The Balaban J connectivity index is 3.26. The zero-order chi connectivity index (χ0) is 7.28. The van der Waals surface area contributed by atoms with Crippen molar-refractivity contribution in [3.63, 3.8) is 0 Å². The van der Waals surface area contributed by atoms with E-state index in [0.29, 0.717) is 6.61 Å². The van der Waals surface area contributed by atoms with Crippen LogP contribution in [0.4, 0.5) is 0 Å². The third kappa shape index (κ3) is 5.32. The SMILES string of the molecule is CCOB(O)OC(C)=O. The molecule has 0 spiro atoms. The Morgan fingerprint density at radius 1 is 1.78 bits per heavy atom. The van der Waals surface area contributed by atoms with Crippen molar-refractivity contribution in [2.24, 2.45) is 0 Å². The molecule has 0 saturated heterocycles. The van der Waals surface area contributed by atoms with Crippen molar-refractivity contribution in [2.45, 2.75) is 13.8 Å². The standard InChI is InChI=1S/C4H9BO4/c1-3-8-5(7)9-4(2)6/h7H,3H2,1-2H3. The number of hydrogen-bond acceptors (Lipinski definition) is 4. The van der Waals surface area contributed by atoms with E-state index in [1.165, 1.54) is 6.92 Å². The minimum absolute atomic E-state index is 0.314. The van der Waals surface area contributed by atoms with Crippen molar-refractivity contribution in [1.29, 1.82) is 0 Å². The summed E-state index contributed by atoms with van der Waals surface area (Å²) in [5.74, 6) is -0.559. The van der Waals surface area contributed by atoms with Gasteiger partial charge in [-0.3, -0.25) is 4.79 Å². The molecule has 0 unspecified atom stereocenters. The Kier molecular flexibility index (Phi) is 4.08. The average molecular weight is 132 g/mol. The fourth-order valence-electron chi connectivity index (χ4n) is 0.319. The molecule has 5 heteroatoms. The Morgan fingerprint density at radius 3 is 2.67 bits per heavy atom. The maximum Gasteiger partial charge on any atom is 0.712 e. The van der Waals surface area contributed by atoms with Crippen LogP contribution in [0.15, 0.2) is 0 Å². The lowest BCUT2D eigenvalue weighted by atomic mass is 10.2. The van der Waals surface area contributed by atoms with Crippen LogP contribution < -0.4 is 0 Å². The van der Waals surface area contributed by atoms with Crippen molar-refractivity contribution < 1.29 is 19.1 Å². The van der Waals surface area contributed by atoms with Crippen molar-refractivity contribution in [3.8, 4) is 0 Å². The van der Waals surface area contributed by atoms with E-state index in [1.54, 1.807) is 6.92 Å². The highest BCUT2D eigenvalue weighted by molar-refractivity contribution is 6.37. The van der Waals surface area contributed by atoms with Crippen LogP contribution in [0.1, 0.15) is 13.8 Å². The number of carbonyl (C=O) groups is 1. The molecule has 0 saturated carbocycles. The minimum atomic E-state index is -1.41. The molecule has 0 atom stereocenters. The summed E-state index contributed by atoms with van der Waals surface area (Å²) in [6, 6.07) is 0. The lowest BCUT2D eigenvalue weighted by Crippen LogP contribution is -2.24. The first-order chi connectivity index (χ1) is 4.16. The van der Waals surface area contributed by atoms with Crippen LogP contribution in [0.5, 0.6) is 0 Å². The summed E-state index contributed by atoms with van der Waals surface area (Å²) < 4.78 is 8.65. The van der Waals surface area contributed by atoms with Gasteiger partial charge in [-0.2, -0.15) is 0 Å². The lowest BCUT2D eigenvalue weighted by Gasteiger charge is -2.02. The lowest BCUT2D eigenvalue weighted by molar-refractivity contribution is -0.134. The molecule has 52 valence electrons. The van der Waals surface area contributed by atoms with E-state index in [4.69, 9.17) is 5.02 Å². The minimum Gasteiger partial charge on any atom is -0.485 e. The molecular formula is C4H9BO4. The summed E-state index contributed by atoms with van der Waals surface area (Å²) in [5.41, 5.74) is 0. The molecule has 0 aromatic rings. The topological polar surface area (TPSA) is 55.8 Å². The summed E-state index contributed by atoms with van der Waals surface area (Å²) in [7, 11) is -1.41. The fourth-order valence-corrected chi connectivity index (χ4v) is 0.319. The maximum absolute atomic E-state index is 10.1. The van der Waals surface area contributed by atoms with Crippen LogP contribution in [-0.2, 0) is 14.1 Å². The van der Waals surface area contributed by atoms with Crippen LogP contribution in [0.3, 0.4) is 0 Å². The van der Waals surface area contributed by atoms with Crippen LogP contribution in [0.2, 0.25) is 0 Å². The molecule has 0 fully saturated rings. The molecular weight excluding hydrogens is 123 g/mol. The van der Waals surface area contributed by atoms with Gasteiger partial charge in [0.05, 0.1) is 0 Å². The molecule has 0 rings (SSSR count). The molecule has 4 nitrogen and oxygen atoms in total. The molecule has 0 aromatic heterocycles. The zero-order valence-electron chi connectivity index (χ0n) is 5.46. The fraction of sp³-hybridized carbons (Fsp3) is 0.750. The molecule has 0 aliphatic rings. The highest BCUT2D eigenvalue weighted by atomic mass is 16.7. The molecule has 9 heavy (non-hydrogen) atoms. The van der Waals surface area contributed by atoms with Gasteiger partial charge in [-0.05, 0) is 6.92 Å². The second-order valence-corrected chi connectivity index (χ2v) is 1.37. The van der Waals surface area contributed by atoms with E-state index in [1.807, 2.05) is 0 Å². The van der Waals surface area contributed by atoms with E-state index >= 15 is 0 Å². The third-order valence-electron chi connectivity index (χ3n) is 0.576. The van der Waals surface area contributed by atoms with Crippen molar-refractivity contribution in [2.75, 3.05) is 6.61 Å². The molecule has 0 aromatic carbocycles. The summed E-state index contributed by atoms with van der Waals surface area (Å²) in [6.07, 6.45) is 0. The molecule has 0 amide bonds. The Morgan fingerprint density at radius 2 is 2.33 bits per heavy atom. The molecule has 0 aliphatic carbocycles. The van der Waals surface area contributed by atoms with Gasteiger partial charge in [-0.1, -0.05) is 0 Å². The second-order valence-electron chi connectivity index (χ2n) is 1.37. The summed E-state index contributed by atoms with van der Waals surface area (Å²) >= 11 is 0. The normalized spacial score (nSPS) is 8.78. The zero-order valence-corrected chi connectivity index (χ0v) is 5.46. The van der Waals surface area contributed by atoms with Gasteiger partial charge >= 0.3 is 7.32 Å². The van der Waals surface area contributed by atoms with E-state index < -0.39 is 13.3 Å². The van der Waals surface area contributed by atoms with Gasteiger partial charge in [0, 0.05) is 13.5 Å². The van der Waals surface area contributed by atoms with Crippen LogP contribution in [0.25, 0.3) is 0 Å². The van der Waals surface area contributed by atoms with E-state index in [2.05, 4.69) is 9.31 Å². The highest BCUT2D eigenvalue weighted by Crippen LogP contribution is 1.83. The molecule has 0 radical (unpaired) electrons. The Hall–Kier alpha value is -0.545. The van der Waals surface area contributed by atoms with Gasteiger partial charge in [0.1, 0.15) is 0 Å². The number of carbonyl (C=O) groups excluding carboxylic acids is 1. The van der Waals surface area contributed by atoms with Crippen molar-refractivity contribution in [1.82, 2.24) is 0 Å². The molecule has 0 aliphatic heterocycles. The first kappa shape index (κ1) is 8.45. The van der Waals surface area contributed by atoms with Gasteiger partial charge in [-0.15, -0.1) is 0 Å². The van der Waals surface area contributed by atoms with E-state index in [0.717, 1.165) is 0 Å². The molecule has 0 bridgehead atoms. The highest BCUT2D eigenvalue weighted by Gasteiger charge is 2.17. The molecule has 1 N–H and O–H groups in total. The molecule has 0 heterocycles.